The Hall–Kier alpha value is -1.11. The number of nitrogens with zero attached hydrogens (tertiary/aromatic N) is 2. The second kappa shape index (κ2) is 5.26. The van der Waals surface area contributed by atoms with Gasteiger partial charge in [-0.15, -0.1) is 0 Å². The second-order valence-corrected chi connectivity index (χ2v) is 6.65. The minimum Gasteiger partial charge on any atom is -0.399 e. The Labute approximate surface area is 108 Å². The molecule has 0 radical (unpaired) electrons. The second-order valence-electron chi connectivity index (χ2n) is 4.61. The third kappa shape index (κ3) is 2.82. The Bertz CT molecular complexity index is 493. The van der Waals surface area contributed by atoms with Crippen molar-refractivity contribution in [2.45, 2.75) is 19.4 Å². The van der Waals surface area contributed by atoms with Crippen LogP contribution in [0, 0.1) is 0 Å². The topological polar surface area (TPSA) is 66.6 Å². The molecule has 1 aromatic rings. The lowest BCUT2D eigenvalue weighted by atomic mass is 10.2. The highest BCUT2D eigenvalue weighted by Gasteiger charge is 2.29. The number of anilines is 1. The monoisotopic (exact) mass is 269 g/mol. The van der Waals surface area contributed by atoms with Gasteiger partial charge in [-0.2, -0.15) is 17.0 Å². The van der Waals surface area contributed by atoms with Crippen LogP contribution in [-0.4, -0.2) is 37.2 Å². The molecule has 0 unspecified atom stereocenters. The maximum absolute atomic E-state index is 12.2. The molecule has 2 N–H and O–H groups in total. The minimum absolute atomic E-state index is 0.374. The molecule has 0 bridgehead atoms. The van der Waals surface area contributed by atoms with Crippen LogP contribution < -0.4 is 5.73 Å². The normalized spacial score (nSPS) is 17.4. The van der Waals surface area contributed by atoms with Crippen LogP contribution in [0.1, 0.15) is 18.4 Å². The number of nitrogens with two attached hydrogens (primary N) is 1. The van der Waals surface area contributed by atoms with Gasteiger partial charge in [-0.25, -0.2) is 0 Å². The quantitative estimate of drug-likeness (QED) is 0.831. The fourth-order valence-electron chi connectivity index (χ4n) is 2.08. The number of nitrogen functional groups attached to an aromatic ring is 1. The molecular formula is C12H19N3O2S. The van der Waals surface area contributed by atoms with Crippen LogP contribution in [0.25, 0.3) is 0 Å². The molecule has 1 aliphatic heterocycles. The summed E-state index contributed by atoms with van der Waals surface area (Å²) in [5, 5.41) is 0. The molecule has 0 atom stereocenters. The van der Waals surface area contributed by atoms with E-state index in [1.54, 1.807) is 23.5 Å². The van der Waals surface area contributed by atoms with Crippen LogP contribution in [0.5, 0.6) is 0 Å². The zero-order valence-corrected chi connectivity index (χ0v) is 11.4. The SMILES string of the molecule is CN(Cc1ccc(N)cc1)S(=O)(=O)N1CCCC1. The summed E-state index contributed by atoms with van der Waals surface area (Å²) in [6.45, 7) is 1.64. The van der Waals surface area contributed by atoms with Crippen molar-refractivity contribution in [2.75, 3.05) is 25.9 Å². The van der Waals surface area contributed by atoms with Crippen molar-refractivity contribution in [3.63, 3.8) is 0 Å². The van der Waals surface area contributed by atoms with Gasteiger partial charge in [0.15, 0.2) is 0 Å². The van der Waals surface area contributed by atoms with Gasteiger partial charge in [0, 0.05) is 32.4 Å². The molecule has 0 spiro atoms. The van der Waals surface area contributed by atoms with Gasteiger partial charge in [0.05, 0.1) is 0 Å². The maximum Gasteiger partial charge on any atom is 0.282 e. The summed E-state index contributed by atoms with van der Waals surface area (Å²) < 4.78 is 27.4. The highest BCUT2D eigenvalue weighted by molar-refractivity contribution is 7.86. The van der Waals surface area contributed by atoms with E-state index in [0.717, 1.165) is 18.4 Å². The summed E-state index contributed by atoms with van der Waals surface area (Å²) in [7, 11) is -1.70. The van der Waals surface area contributed by atoms with E-state index >= 15 is 0 Å². The Morgan fingerprint density at radius 2 is 1.78 bits per heavy atom. The minimum atomic E-state index is -3.31. The first kappa shape index (κ1) is 13.3. The smallest absolute Gasteiger partial charge is 0.282 e. The average Bonchev–Trinajstić information content (AvgIpc) is 2.86. The Morgan fingerprint density at radius 1 is 1.22 bits per heavy atom. The van der Waals surface area contributed by atoms with Gasteiger partial charge >= 0.3 is 0 Å². The van der Waals surface area contributed by atoms with E-state index in [-0.39, 0.29) is 0 Å². The molecule has 18 heavy (non-hydrogen) atoms. The van der Waals surface area contributed by atoms with E-state index in [9.17, 15) is 8.42 Å². The van der Waals surface area contributed by atoms with Gasteiger partial charge in [0.25, 0.3) is 10.2 Å². The van der Waals surface area contributed by atoms with E-state index < -0.39 is 10.2 Å². The zero-order chi connectivity index (χ0) is 13.2. The summed E-state index contributed by atoms with van der Waals surface area (Å²) in [4.78, 5) is 0. The number of hydrogen-bond donors (Lipinski definition) is 1. The van der Waals surface area contributed by atoms with Crippen LogP contribution in [0.2, 0.25) is 0 Å². The first-order chi connectivity index (χ1) is 8.50. The van der Waals surface area contributed by atoms with Crippen LogP contribution >= 0.6 is 0 Å². The van der Waals surface area contributed by atoms with Crippen molar-refractivity contribution in [1.82, 2.24) is 8.61 Å². The van der Waals surface area contributed by atoms with Crippen molar-refractivity contribution < 1.29 is 8.42 Å². The van der Waals surface area contributed by atoms with Crippen LogP contribution in [0.3, 0.4) is 0 Å². The molecule has 0 amide bonds. The maximum atomic E-state index is 12.2. The van der Waals surface area contributed by atoms with Gasteiger partial charge < -0.3 is 5.73 Å². The van der Waals surface area contributed by atoms with Gasteiger partial charge in [-0.3, -0.25) is 0 Å². The lowest BCUT2D eigenvalue weighted by molar-refractivity contribution is 0.392. The highest BCUT2D eigenvalue weighted by Crippen LogP contribution is 2.17. The molecule has 100 valence electrons. The number of rotatable bonds is 4. The largest absolute Gasteiger partial charge is 0.399 e. The fourth-order valence-corrected chi connectivity index (χ4v) is 3.50. The molecule has 0 aliphatic carbocycles. The number of benzene rings is 1. The van der Waals surface area contributed by atoms with Crippen LogP contribution in [0.15, 0.2) is 24.3 Å². The van der Waals surface area contributed by atoms with E-state index in [4.69, 9.17) is 5.73 Å². The van der Waals surface area contributed by atoms with Crippen molar-refractivity contribution >= 4 is 15.9 Å². The Morgan fingerprint density at radius 3 is 2.33 bits per heavy atom. The Kier molecular flexibility index (Phi) is 3.89. The first-order valence-electron chi connectivity index (χ1n) is 6.06. The molecule has 1 aliphatic rings. The van der Waals surface area contributed by atoms with E-state index in [1.807, 2.05) is 12.1 Å². The van der Waals surface area contributed by atoms with Crippen LogP contribution in [0.4, 0.5) is 5.69 Å². The van der Waals surface area contributed by atoms with Gasteiger partial charge in [0.2, 0.25) is 0 Å². The predicted molar refractivity (Wildman–Crippen MR) is 72.0 cm³/mol. The third-order valence-corrected chi connectivity index (χ3v) is 5.10. The van der Waals surface area contributed by atoms with Crippen molar-refractivity contribution in [3.8, 4) is 0 Å². The molecule has 1 heterocycles. The predicted octanol–water partition coefficient (Wildman–Crippen LogP) is 1.04. The van der Waals surface area contributed by atoms with Crippen molar-refractivity contribution in [1.29, 1.82) is 0 Å². The summed E-state index contributed by atoms with van der Waals surface area (Å²) in [6.07, 6.45) is 1.91. The summed E-state index contributed by atoms with van der Waals surface area (Å²) in [6, 6.07) is 7.27. The van der Waals surface area contributed by atoms with Crippen molar-refractivity contribution in [2.24, 2.45) is 0 Å². The molecule has 2 rings (SSSR count). The Balaban J connectivity index is 2.06. The van der Waals surface area contributed by atoms with Crippen molar-refractivity contribution in [3.05, 3.63) is 29.8 Å². The molecule has 1 saturated heterocycles. The van der Waals surface area contributed by atoms with Gasteiger partial charge in [-0.05, 0) is 30.5 Å². The van der Waals surface area contributed by atoms with E-state index in [1.165, 1.54) is 4.31 Å². The van der Waals surface area contributed by atoms with Gasteiger partial charge in [-0.1, -0.05) is 12.1 Å². The lowest BCUT2D eigenvalue weighted by Crippen LogP contribution is -2.39. The molecule has 0 aromatic heterocycles. The highest BCUT2D eigenvalue weighted by atomic mass is 32.2. The van der Waals surface area contributed by atoms with Gasteiger partial charge in [0.1, 0.15) is 0 Å². The molecule has 1 fully saturated rings. The standard InChI is InChI=1S/C12H19N3O2S/c1-14(10-11-4-6-12(13)7-5-11)18(16,17)15-8-2-3-9-15/h4-7H,2-3,8-10,13H2,1H3. The number of hydrogen-bond acceptors (Lipinski definition) is 3. The lowest BCUT2D eigenvalue weighted by Gasteiger charge is -2.23. The summed E-state index contributed by atoms with van der Waals surface area (Å²) in [5.74, 6) is 0. The fraction of sp³-hybridized carbons (Fsp3) is 0.500. The van der Waals surface area contributed by atoms with Crippen LogP contribution in [-0.2, 0) is 16.8 Å². The average molecular weight is 269 g/mol. The molecular weight excluding hydrogens is 250 g/mol. The summed E-state index contributed by atoms with van der Waals surface area (Å²) >= 11 is 0. The third-order valence-electron chi connectivity index (χ3n) is 3.17. The van der Waals surface area contributed by atoms with E-state index in [2.05, 4.69) is 0 Å². The molecule has 1 aromatic carbocycles. The molecule has 6 heteroatoms. The first-order valence-corrected chi connectivity index (χ1v) is 7.45. The molecule has 0 saturated carbocycles. The van der Waals surface area contributed by atoms with E-state index in [0.29, 0.717) is 25.3 Å². The molecule has 5 nitrogen and oxygen atoms in total. The zero-order valence-electron chi connectivity index (χ0n) is 10.5. The summed E-state index contributed by atoms with van der Waals surface area (Å²) in [5.41, 5.74) is 7.23.